The second kappa shape index (κ2) is 9.65. The first-order valence-electron chi connectivity index (χ1n) is 9.42. The van der Waals surface area contributed by atoms with Gasteiger partial charge in [0.1, 0.15) is 6.04 Å². The lowest BCUT2D eigenvalue weighted by Gasteiger charge is -2.28. The molecule has 2 heterocycles. The Bertz CT molecular complexity index is 1050. The molecule has 1 fully saturated rings. The molecule has 1 amide bonds. The fourth-order valence-corrected chi connectivity index (χ4v) is 3.34. The normalized spacial score (nSPS) is 17.9. The average Bonchev–Trinajstić information content (AvgIpc) is 3.06. The first-order chi connectivity index (χ1) is 15.5. The van der Waals surface area contributed by atoms with Crippen molar-refractivity contribution in [1.29, 1.82) is 5.41 Å². The third-order valence-corrected chi connectivity index (χ3v) is 5.02. The molecule has 2 aromatic rings. The Hall–Kier alpha value is -3.35. The lowest BCUT2D eigenvalue weighted by Crippen LogP contribution is -2.47. The number of hydrogen-bond donors (Lipinski definition) is 3. The van der Waals surface area contributed by atoms with Gasteiger partial charge < -0.3 is 15.6 Å². The van der Waals surface area contributed by atoms with Gasteiger partial charge in [-0.3, -0.25) is 10.2 Å². The summed E-state index contributed by atoms with van der Waals surface area (Å²) in [6.07, 6.45) is -2.16. The maximum Gasteiger partial charge on any atom is 0.419 e. The van der Waals surface area contributed by atoms with Crippen LogP contribution in [0.25, 0.3) is 0 Å². The summed E-state index contributed by atoms with van der Waals surface area (Å²) in [7, 11) is 0. The Balaban J connectivity index is 1.80. The van der Waals surface area contributed by atoms with Crippen LogP contribution in [0.4, 0.5) is 33.6 Å². The van der Waals surface area contributed by atoms with Gasteiger partial charge in [-0.1, -0.05) is 11.6 Å². The van der Waals surface area contributed by atoms with E-state index < -0.39 is 42.6 Å². The van der Waals surface area contributed by atoms with E-state index in [0.29, 0.717) is 12.4 Å². The van der Waals surface area contributed by atoms with Crippen LogP contribution in [0.15, 0.2) is 35.7 Å². The maximum atomic E-state index is 14.6. The number of nitrogens with one attached hydrogen (secondary N) is 3. The summed E-state index contributed by atoms with van der Waals surface area (Å²) in [5.41, 5.74) is 1.65. The first-order valence-corrected chi connectivity index (χ1v) is 9.80. The number of alkyl halides is 5. The number of hydrogen-bond acceptors (Lipinski definition) is 7. The number of rotatable bonds is 7. The number of carbonyl (C=O) groups is 1. The number of likely N-dealkylation sites (tertiary alicyclic amines) is 1. The summed E-state index contributed by atoms with van der Waals surface area (Å²) >= 11 is 5.98. The first kappa shape index (κ1) is 24.3. The second-order valence-electron chi connectivity index (χ2n) is 6.95. The van der Waals surface area contributed by atoms with Crippen molar-refractivity contribution >= 4 is 41.6 Å². The van der Waals surface area contributed by atoms with Crippen molar-refractivity contribution in [2.75, 3.05) is 23.8 Å². The van der Waals surface area contributed by atoms with E-state index in [1.165, 1.54) is 18.2 Å². The zero-order valence-electron chi connectivity index (χ0n) is 16.7. The number of amides is 1. The van der Waals surface area contributed by atoms with Gasteiger partial charge in [0.05, 0.1) is 23.0 Å². The Kier molecular flexibility index (Phi) is 7.10. The second-order valence-corrected chi connectivity index (χ2v) is 7.38. The SMILES string of the molecule is N=C/C=N\Nc1ccc(Cl)cc1C(=O)N1CCC(F)(F)[C@H]1CNc1ncc(C(F)(F)F)cn1. The van der Waals surface area contributed by atoms with Crippen LogP contribution in [0.2, 0.25) is 5.02 Å². The predicted molar refractivity (Wildman–Crippen MR) is 112 cm³/mol. The fraction of sp³-hybridized carbons (Fsp3) is 0.316. The minimum Gasteiger partial charge on any atom is -0.352 e. The molecule has 14 heteroatoms. The van der Waals surface area contributed by atoms with Crippen LogP contribution >= 0.6 is 11.6 Å². The van der Waals surface area contributed by atoms with E-state index in [9.17, 15) is 26.7 Å². The lowest BCUT2D eigenvalue weighted by molar-refractivity contribution is -0.138. The number of benzene rings is 1. The molecule has 0 unspecified atom stereocenters. The Morgan fingerprint density at radius 3 is 2.67 bits per heavy atom. The quantitative estimate of drug-likeness (QED) is 0.308. The van der Waals surface area contributed by atoms with Crippen molar-refractivity contribution in [3.8, 4) is 0 Å². The molecule has 1 aromatic heterocycles. The third-order valence-electron chi connectivity index (χ3n) is 4.79. The van der Waals surface area contributed by atoms with Crippen LogP contribution < -0.4 is 10.7 Å². The maximum absolute atomic E-state index is 14.6. The van der Waals surface area contributed by atoms with Crippen molar-refractivity contribution in [2.24, 2.45) is 5.10 Å². The molecular formula is C19H17ClF5N7O. The largest absolute Gasteiger partial charge is 0.419 e. The number of halogens is 6. The molecule has 1 aromatic carbocycles. The van der Waals surface area contributed by atoms with Crippen LogP contribution in [0.1, 0.15) is 22.3 Å². The standard InChI is InChI=1S/C19H17ClF5N7O/c20-12-1-2-14(31-30-5-4-26)13(7-12)16(33)32-6-3-18(21,22)15(32)10-29-17-27-8-11(9-28-17)19(23,24)25/h1-2,4-5,7-9,15,26,31H,3,6,10H2,(H,27,28,29)/b26-4?,30-5-/t15-/m1/s1. The Morgan fingerprint density at radius 1 is 1.33 bits per heavy atom. The number of hydrazone groups is 1. The third kappa shape index (κ3) is 5.72. The molecule has 33 heavy (non-hydrogen) atoms. The minimum atomic E-state index is -4.63. The summed E-state index contributed by atoms with van der Waals surface area (Å²) in [5, 5.41) is 13.3. The predicted octanol–water partition coefficient (Wildman–Crippen LogP) is 4.16. The van der Waals surface area contributed by atoms with Crippen LogP contribution in [0, 0.1) is 5.41 Å². The fourth-order valence-electron chi connectivity index (χ4n) is 3.17. The van der Waals surface area contributed by atoms with E-state index in [4.69, 9.17) is 17.0 Å². The molecule has 0 saturated carbocycles. The highest BCUT2D eigenvalue weighted by molar-refractivity contribution is 6.31. The molecule has 1 aliphatic heterocycles. The van der Waals surface area contributed by atoms with Crippen molar-refractivity contribution in [3.63, 3.8) is 0 Å². The number of anilines is 2. The highest BCUT2D eigenvalue weighted by Gasteiger charge is 2.51. The average molecular weight is 490 g/mol. The van der Waals surface area contributed by atoms with Crippen molar-refractivity contribution in [1.82, 2.24) is 14.9 Å². The van der Waals surface area contributed by atoms with E-state index in [2.05, 4.69) is 25.8 Å². The van der Waals surface area contributed by atoms with Crippen LogP contribution in [0.3, 0.4) is 0 Å². The summed E-state index contributed by atoms with van der Waals surface area (Å²) < 4.78 is 67.1. The molecule has 3 rings (SSSR count). The van der Waals surface area contributed by atoms with E-state index >= 15 is 0 Å². The van der Waals surface area contributed by atoms with Gasteiger partial charge in [0.25, 0.3) is 11.8 Å². The summed E-state index contributed by atoms with van der Waals surface area (Å²) in [6.45, 7) is -0.763. The Morgan fingerprint density at radius 2 is 2.03 bits per heavy atom. The van der Waals surface area contributed by atoms with E-state index in [0.717, 1.165) is 17.3 Å². The van der Waals surface area contributed by atoms with E-state index in [1.807, 2.05) is 0 Å². The van der Waals surface area contributed by atoms with Crippen LogP contribution in [-0.4, -0.2) is 58.3 Å². The van der Waals surface area contributed by atoms with E-state index in [1.54, 1.807) is 0 Å². The molecule has 1 saturated heterocycles. The summed E-state index contributed by atoms with van der Waals surface area (Å²) in [4.78, 5) is 21.1. The van der Waals surface area contributed by atoms with Crippen molar-refractivity contribution in [2.45, 2.75) is 24.6 Å². The van der Waals surface area contributed by atoms with Crippen LogP contribution in [-0.2, 0) is 6.18 Å². The molecule has 176 valence electrons. The molecule has 1 aliphatic rings. The topological polar surface area (TPSA) is 106 Å². The summed E-state index contributed by atoms with van der Waals surface area (Å²) in [6, 6.07) is 2.59. The van der Waals surface area contributed by atoms with Gasteiger partial charge in [0.15, 0.2) is 0 Å². The smallest absolute Gasteiger partial charge is 0.352 e. The molecule has 3 N–H and O–H groups in total. The zero-order valence-corrected chi connectivity index (χ0v) is 17.5. The highest BCUT2D eigenvalue weighted by atomic mass is 35.5. The molecule has 8 nitrogen and oxygen atoms in total. The van der Waals surface area contributed by atoms with Gasteiger partial charge in [-0.2, -0.15) is 18.3 Å². The van der Waals surface area contributed by atoms with Gasteiger partial charge in [-0.05, 0) is 18.2 Å². The van der Waals surface area contributed by atoms with Crippen molar-refractivity contribution < 1.29 is 26.7 Å². The highest BCUT2D eigenvalue weighted by Crippen LogP contribution is 2.36. The molecule has 1 atom stereocenters. The van der Waals surface area contributed by atoms with Gasteiger partial charge in [-0.25, -0.2) is 18.7 Å². The lowest BCUT2D eigenvalue weighted by atomic mass is 10.1. The molecular weight excluding hydrogens is 473 g/mol. The van der Waals surface area contributed by atoms with Gasteiger partial charge >= 0.3 is 6.18 Å². The Labute approximate surface area is 189 Å². The molecule has 0 aliphatic carbocycles. The molecule has 0 spiro atoms. The van der Waals surface area contributed by atoms with Gasteiger partial charge in [0.2, 0.25) is 5.95 Å². The number of aromatic nitrogens is 2. The number of nitrogens with zero attached hydrogens (tertiary/aromatic N) is 4. The van der Waals surface area contributed by atoms with Crippen LogP contribution in [0.5, 0.6) is 0 Å². The molecule has 0 radical (unpaired) electrons. The van der Waals surface area contributed by atoms with Crippen molar-refractivity contribution in [3.05, 3.63) is 46.7 Å². The monoisotopic (exact) mass is 489 g/mol. The molecule has 0 bridgehead atoms. The number of carbonyl (C=O) groups excluding carboxylic acids is 1. The summed E-state index contributed by atoms with van der Waals surface area (Å²) in [5.74, 6) is -4.30. The van der Waals surface area contributed by atoms with E-state index in [-0.39, 0.29) is 28.8 Å². The van der Waals surface area contributed by atoms with Gasteiger partial charge in [-0.15, -0.1) is 0 Å². The minimum absolute atomic E-state index is 0.0156. The zero-order chi connectivity index (χ0) is 24.2. The van der Waals surface area contributed by atoms with Gasteiger partial charge in [0, 0.05) is 43.1 Å².